The first kappa shape index (κ1) is 15.9. The molecular formula is C13H16FNO5S. The highest BCUT2D eigenvalue weighted by Gasteiger charge is 2.29. The Kier molecular flexibility index (Phi) is 4.31. The Balaban J connectivity index is 2.24. The number of aromatic carboxylic acids is 1. The van der Waals surface area contributed by atoms with Crippen LogP contribution in [0.3, 0.4) is 0 Å². The van der Waals surface area contributed by atoms with Gasteiger partial charge in [-0.25, -0.2) is 22.3 Å². The molecule has 6 nitrogen and oxygen atoms in total. The van der Waals surface area contributed by atoms with Crippen molar-refractivity contribution in [2.24, 2.45) is 5.92 Å². The minimum atomic E-state index is -3.99. The molecule has 1 aliphatic rings. The number of hydrogen-bond donors (Lipinski definition) is 3. The van der Waals surface area contributed by atoms with Crippen molar-refractivity contribution in [1.82, 2.24) is 4.72 Å². The molecule has 0 heterocycles. The maximum Gasteiger partial charge on any atom is 0.335 e. The average molecular weight is 317 g/mol. The van der Waals surface area contributed by atoms with E-state index in [2.05, 4.69) is 4.72 Å². The van der Waals surface area contributed by atoms with Gasteiger partial charge in [0.15, 0.2) is 0 Å². The van der Waals surface area contributed by atoms with Crippen molar-refractivity contribution in [2.75, 3.05) is 6.54 Å². The third-order valence-electron chi connectivity index (χ3n) is 3.61. The number of carboxylic acids is 1. The fourth-order valence-corrected chi connectivity index (χ4v) is 3.62. The van der Waals surface area contributed by atoms with Gasteiger partial charge in [-0.05, 0) is 37.8 Å². The molecule has 21 heavy (non-hydrogen) atoms. The highest BCUT2D eigenvalue weighted by atomic mass is 32.2. The number of rotatable bonds is 5. The van der Waals surface area contributed by atoms with Crippen LogP contribution < -0.4 is 4.72 Å². The highest BCUT2D eigenvalue weighted by molar-refractivity contribution is 7.89. The zero-order chi connectivity index (χ0) is 15.8. The van der Waals surface area contributed by atoms with Gasteiger partial charge in [-0.15, -0.1) is 0 Å². The summed E-state index contributed by atoms with van der Waals surface area (Å²) in [6.07, 6.45) is 0.643. The van der Waals surface area contributed by atoms with Gasteiger partial charge in [0.05, 0.1) is 16.6 Å². The van der Waals surface area contributed by atoms with Crippen LogP contribution >= 0.6 is 0 Å². The zero-order valence-corrected chi connectivity index (χ0v) is 12.2. The number of benzene rings is 1. The molecule has 1 aromatic rings. The number of aliphatic hydroxyl groups is 1. The Morgan fingerprint density at radius 1 is 1.43 bits per heavy atom. The molecule has 1 saturated carbocycles. The molecular weight excluding hydrogens is 301 g/mol. The molecule has 8 heteroatoms. The van der Waals surface area contributed by atoms with Gasteiger partial charge in [0.2, 0.25) is 10.0 Å². The third kappa shape index (κ3) is 3.39. The van der Waals surface area contributed by atoms with E-state index in [0.29, 0.717) is 12.8 Å². The summed E-state index contributed by atoms with van der Waals surface area (Å²) in [5.41, 5.74) is -0.543. The van der Waals surface area contributed by atoms with Gasteiger partial charge in [-0.3, -0.25) is 0 Å². The number of carboxylic acid groups (broad SMARTS) is 1. The molecule has 0 aromatic heterocycles. The predicted octanol–water partition coefficient (Wildman–Crippen LogP) is 0.882. The number of nitrogens with one attached hydrogen (secondary N) is 1. The standard InChI is InChI=1S/C13H16FNO5S/c1-7-11(14)4-9(13(17)18)5-12(7)21(19,20)15-6-8-2-10(16)3-8/h4-5,8,10,15-16H,2-3,6H2,1H3,(H,17,18). The normalized spacial score (nSPS) is 21.9. The lowest BCUT2D eigenvalue weighted by Crippen LogP contribution is -2.38. The maximum absolute atomic E-state index is 13.7. The van der Waals surface area contributed by atoms with Gasteiger partial charge >= 0.3 is 5.97 Å². The third-order valence-corrected chi connectivity index (χ3v) is 5.16. The molecule has 0 radical (unpaired) electrons. The lowest BCUT2D eigenvalue weighted by atomic mass is 9.83. The van der Waals surface area contributed by atoms with Gasteiger partial charge in [-0.2, -0.15) is 0 Å². The first-order valence-electron chi connectivity index (χ1n) is 6.42. The topological polar surface area (TPSA) is 104 Å². The monoisotopic (exact) mass is 317 g/mol. The fourth-order valence-electron chi connectivity index (χ4n) is 2.23. The smallest absolute Gasteiger partial charge is 0.335 e. The summed E-state index contributed by atoms with van der Waals surface area (Å²) < 4.78 is 40.3. The van der Waals surface area contributed by atoms with Crippen molar-refractivity contribution in [3.8, 4) is 0 Å². The summed E-state index contributed by atoms with van der Waals surface area (Å²) in [6, 6.07) is 1.73. The Hall–Kier alpha value is -1.51. The molecule has 0 amide bonds. The van der Waals surface area contributed by atoms with Crippen LogP contribution in [0.25, 0.3) is 0 Å². The van der Waals surface area contributed by atoms with E-state index in [-0.39, 0.29) is 22.9 Å². The lowest BCUT2D eigenvalue weighted by molar-refractivity contribution is 0.0453. The van der Waals surface area contributed by atoms with Crippen LogP contribution in [0.15, 0.2) is 17.0 Å². The second-order valence-electron chi connectivity index (χ2n) is 5.23. The Morgan fingerprint density at radius 2 is 2.05 bits per heavy atom. The fraction of sp³-hybridized carbons (Fsp3) is 0.462. The first-order valence-corrected chi connectivity index (χ1v) is 7.90. The summed E-state index contributed by atoms with van der Waals surface area (Å²) >= 11 is 0. The minimum Gasteiger partial charge on any atom is -0.478 e. The van der Waals surface area contributed by atoms with E-state index >= 15 is 0 Å². The van der Waals surface area contributed by atoms with Crippen molar-refractivity contribution in [3.05, 3.63) is 29.1 Å². The molecule has 1 fully saturated rings. The molecule has 1 aromatic carbocycles. The van der Waals surface area contributed by atoms with Gasteiger partial charge in [0, 0.05) is 12.1 Å². The van der Waals surface area contributed by atoms with Crippen LogP contribution in [0.4, 0.5) is 4.39 Å². The Morgan fingerprint density at radius 3 is 2.57 bits per heavy atom. The first-order chi connectivity index (χ1) is 9.70. The van der Waals surface area contributed by atoms with Gasteiger partial charge in [0.1, 0.15) is 5.82 Å². The maximum atomic E-state index is 13.7. The van der Waals surface area contributed by atoms with Crippen molar-refractivity contribution in [2.45, 2.75) is 30.8 Å². The predicted molar refractivity (Wildman–Crippen MR) is 72.0 cm³/mol. The van der Waals surface area contributed by atoms with Crippen LogP contribution in [0, 0.1) is 18.7 Å². The van der Waals surface area contributed by atoms with E-state index in [4.69, 9.17) is 10.2 Å². The van der Waals surface area contributed by atoms with Crippen LogP contribution in [-0.4, -0.2) is 37.2 Å². The number of carbonyl (C=O) groups is 1. The van der Waals surface area contributed by atoms with E-state index < -0.39 is 33.5 Å². The van der Waals surface area contributed by atoms with E-state index in [1.807, 2.05) is 0 Å². The largest absolute Gasteiger partial charge is 0.478 e. The summed E-state index contributed by atoms with van der Waals surface area (Å²) in [7, 11) is -3.99. The quantitative estimate of drug-likeness (QED) is 0.748. The second-order valence-corrected chi connectivity index (χ2v) is 6.96. The molecule has 0 aliphatic heterocycles. The van der Waals surface area contributed by atoms with Crippen LogP contribution in [0.1, 0.15) is 28.8 Å². The zero-order valence-electron chi connectivity index (χ0n) is 11.3. The summed E-state index contributed by atoms with van der Waals surface area (Å²) in [4.78, 5) is 10.5. The molecule has 2 rings (SSSR count). The van der Waals surface area contributed by atoms with Gasteiger partial charge < -0.3 is 10.2 Å². The second kappa shape index (κ2) is 5.70. The number of halogens is 1. The molecule has 0 atom stereocenters. The van der Waals surface area contributed by atoms with Crippen molar-refractivity contribution < 1.29 is 27.8 Å². The molecule has 0 saturated heterocycles. The Labute approximate surface area is 121 Å². The Bertz CT molecular complexity index is 667. The number of aliphatic hydroxyl groups excluding tert-OH is 1. The molecule has 3 N–H and O–H groups in total. The molecule has 0 unspecified atom stereocenters. The average Bonchev–Trinajstić information content (AvgIpc) is 2.35. The van der Waals surface area contributed by atoms with Gasteiger partial charge in [-0.1, -0.05) is 0 Å². The SMILES string of the molecule is Cc1c(F)cc(C(=O)O)cc1S(=O)(=O)NCC1CC(O)C1. The molecule has 0 spiro atoms. The summed E-state index contributed by atoms with van der Waals surface area (Å²) in [5.74, 6) is -2.23. The van der Waals surface area contributed by atoms with E-state index in [9.17, 15) is 17.6 Å². The van der Waals surface area contributed by atoms with E-state index in [1.165, 1.54) is 6.92 Å². The van der Waals surface area contributed by atoms with Crippen molar-refractivity contribution in [1.29, 1.82) is 0 Å². The minimum absolute atomic E-state index is 0.0441. The van der Waals surface area contributed by atoms with Crippen LogP contribution in [0.2, 0.25) is 0 Å². The van der Waals surface area contributed by atoms with Crippen molar-refractivity contribution >= 4 is 16.0 Å². The number of sulfonamides is 1. The molecule has 1 aliphatic carbocycles. The van der Waals surface area contributed by atoms with Gasteiger partial charge in [0.25, 0.3) is 0 Å². The lowest BCUT2D eigenvalue weighted by Gasteiger charge is -2.31. The number of hydrogen-bond acceptors (Lipinski definition) is 4. The molecule has 0 bridgehead atoms. The van der Waals surface area contributed by atoms with E-state index in [1.54, 1.807) is 0 Å². The summed E-state index contributed by atoms with van der Waals surface area (Å²) in [6.45, 7) is 1.42. The van der Waals surface area contributed by atoms with Crippen LogP contribution in [-0.2, 0) is 10.0 Å². The van der Waals surface area contributed by atoms with Crippen LogP contribution in [0.5, 0.6) is 0 Å². The summed E-state index contributed by atoms with van der Waals surface area (Å²) in [5, 5.41) is 18.0. The molecule has 116 valence electrons. The highest BCUT2D eigenvalue weighted by Crippen LogP contribution is 2.27. The van der Waals surface area contributed by atoms with E-state index in [0.717, 1.165) is 12.1 Å². The van der Waals surface area contributed by atoms with Crippen molar-refractivity contribution in [3.63, 3.8) is 0 Å².